The number of allylic oxidation sites excluding steroid dienone is 1. The standard InChI is InChI=1S/C25H21N3O5/c1-33-28-24-14-6-5-9-17(24)15-25(28,16-7-3-2-4-8-16)21-20(24)22(29)26(23(21)30)18-10-12-19(13-11-18)27(31)32/h2-5,7-13,15,20-21H,6,14H2,1H3/t20?,21?,24-,25+/m1/s1. The molecule has 0 radical (unpaired) electrons. The molecule has 8 nitrogen and oxygen atoms in total. The molecule has 166 valence electrons. The summed E-state index contributed by atoms with van der Waals surface area (Å²) in [6.45, 7) is 0. The van der Waals surface area contributed by atoms with Gasteiger partial charge in [0.15, 0.2) is 0 Å². The number of non-ortho nitro benzene ring substituents is 1. The van der Waals surface area contributed by atoms with Crippen molar-refractivity contribution in [2.24, 2.45) is 11.8 Å². The third-order valence-electron chi connectivity index (χ3n) is 7.60. The van der Waals surface area contributed by atoms with Crippen LogP contribution in [-0.2, 0) is 20.0 Å². The van der Waals surface area contributed by atoms with Gasteiger partial charge in [-0.05, 0) is 36.1 Å². The summed E-state index contributed by atoms with van der Waals surface area (Å²) in [6.07, 6.45) is 7.65. The Morgan fingerprint density at radius 3 is 2.39 bits per heavy atom. The molecule has 0 N–H and O–H groups in total. The van der Waals surface area contributed by atoms with Gasteiger partial charge in [-0.3, -0.25) is 19.7 Å². The van der Waals surface area contributed by atoms with Crippen LogP contribution in [0, 0.1) is 22.0 Å². The number of amides is 2. The molecule has 4 aliphatic rings. The number of rotatable bonds is 4. The second-order valence-electron chi connectivity index (χ2n) is 8.87. The average Bonchev–Trinajstić information content (AvgIpc) is 3.38. The number of hydroxylamine groups is 2. The van der Waals surface area contributed by atoms with E-state index in [1.807, 2.05) is 41.5 Å². The van der Waals surface area contributed by atoms with Gasteiger partial charge in [-0.25, -0.2) is 4.90 Å². The van der Waals surface area contributed by atoms with Crippen molar-refractivity contribution in [2.75, 3.05) is 12.0 Å². The number of fused-ring (bicyclic) bond motifs is 3. The quantitative estimate of drug-likeness (QED) is 0.408. The highest BCUT2D eigenvalue weighted by Gasteiger charge is 2.79. The van der Waals surface area contributed by atoms with Gasteiger partial charge >= 0.3 is 0 Å². The van der Waals surface area contributed by atoms with Crippen molar-refractivity contribution in [3.63, 3.8) is 0 Å². The van der Waals surface area contributed by atoms with Crippen LogP contribution in [0.3, 0.4) is 0 Å². The van der Waals surface area contributed by atoms with E-state index in [9.17, 15) is 19.7 Å². The van der Waals surface area contributed by atoms with Gasteiger partial charge < -0.3 is 4.84 Å². The van der Waals surface area contributed by atoms with Gasteiger partial charge in [0, 0.05) is 12.1 Å². The van der Waals surface area contributed by atoms with Crippen molar-refractivity contribution in [2.45, 2.75) is 23.9 Å². The van der Waals surface area contributed by atoms with E-state index in [4.69, 9.17) is 4.84 Å². The van der Waals surface area contributed by atoms with Crippen LogP contribution in [0.4, 0.5) is 11.4 Å². The summed E-state index contributed by atoms with van der Waals surface area (Å²) in [5.74, 6) is -1.89. The number of carbonyl (C=O) groups is 2. The molecule has 0 saturated carbocycles. The Bertz CT molecular complexity index is 1250. The van der Waals surface area contributed by atoms with E-state index < -0.39 is 27.8 Å². The summed E-state index contributed by atoms with van der Waals surface area (Å²) < 4.78 is 0. The largest absolute Gasteiger partial charge is 0.300 e. The first-order chi connectivity index (χ1) is 16.0. The maximum atomic E-state index is 14.0. The summed E-state index contributed by atoms with van der Waals surface area (Å²) in [4.78, 5) is 45.6. The van der Waals surface area contributed by atoms with Crippen LogP contribution in [-0.4, -0.2) is 34.4 Å². The molecule has 6 rings (SSSR count). The molecule has 33 heavy (non-hydrogen) atoms. The Labute approximate surface area is 189 Å². The fourth-order valence-electron chi connectivity index (χ4n) is 6.47. The number of hydrogen-bond donors (Lipinski definition) is 0. The summed E-state index contributed by atoms with van der Waals surface area (Å²) in [5.41, 5.74) is 0.470. The van der Waals surface area contributed by atoms with Crippen molar-refractivity contribution >= 4 is 23.2 Å². The Morgan fingerprint density at radius 1 is 1.03 bits per heavy atom. The Hall–Kier alpha value is -3.62. The van der Waals surface area contributed by atoms with Gasteiger partial charge in [0.1, 0.15) is 5.54 Å². The zero-order valence-corrected chi connectivity index (χ0v) is 17.9. The normalized spacial score (nSPS) is 32.2. The lowest BCUT2D eigenvalue weighted by molar-refractivity contribution is -0.384. The zero-order valence-electron chi connectivity index (χ0n) is 17.9. The molecular weight excluding hydrogens is 422 g/mol. The monoisotopic (exact) mass is 443 g/mol. The molecule has 2 saturated heterocycles. The molecular formula is C25H21N3O5. The molecule has 3 aliphatic heterocycles. The van der Waals surface area contributed by atoms with Crippen molar-refractivity contribution in [3.05, 3.63) is 94.1 Å². The van der Waals surface area contributed by atoms with Gasteiger partial charge in [0.2, 0.25) is 11.8 Å². The molecule has 0 aromatic heterocycles. The van der Waals surface area contributed by atoms with E-state index in [2.05, 4.69) is 12.2 Å². The van der Waals surface area contributed by atoms with E-state index in [0.717, 1.165) is 17.6 Å². The topological polar surface area (TPSA) is 93.0 Å². The number of carbonyl (C=O) groups excluding carboxylic acids is 2. The predicted octanol–water partition coefficient (Wildman–Crippen LogP) is 3.50. The summed E-state index contributed by atoms with van der Waals surface area (Å²) in [6, 6.07) is 15.3. The van der Waals surface area contributed by atoms with E-state index in [1.54, 1.807) is 7.11 Å². The maximum absolute atomic E-state index is 14.0. The molecule has 1 aliphatic carbocycles. The van der Waals surface area contributed by atoms with Crippen LogP contribution in [0.2, 0.25) is 0 Å². The Kier molecular flexibility index (Phi) is 4.06. The predicted molar refractivity (Wildman–Crippen MR) is 119 cm³/mol. The third-order valence-corrected chi connectivity index (χ3v) is 7.60. The number of nitro benzene ring substituents is 1. The molecule has 1 spiro atoms. The van der Waals surface area contributed by atoms with Gasteiger partial charge in [-0.1, -0.05) is 48.6 Å². The number of nitrogens with zero attached hydrogens (tertiary/aromatic N) is 3. The number of benzene rings is 2. The fraction of sp³-hybridized carbons (Fsp3) is 0.280. The Balaban J connectivity index is 1.55. The van der Waals surface area contributed by atoms with Crippen molar-refractivity contribution in [1.82, 2.24) is 5.06 Å². The van der Waals surface area contributed by atoms with Crippen LogP contribution in [0.5, 0.6) is 0 Å². The minimum atomic E-state index is -0.924. The highest BCUT2D eigenvalue weighted by Crippen LogP contribution is 2.68. The molecule has 2 unspecified atom stereocenters. The summed E-state index contributed by atoms with van der Waals surface area (Å²) in [7, 11) is 1.60. The first-order valence-electron chi connectivity index (χ1n) is 10.9. The van der Waals surface area contributed by atoms with E-state index in [1.165, 1.54) is 29.2 Å². The number of anilines is 1. The maximum Gasteiger partial charge on any atom is 0.269 e. The van der Waals surface area contributed by atoms with E-state index >= 15 is 0 Å². The van der Waals surface area contributed by atoms with Crippen LogP contribution in [0.15, 0.2) is 78.4 Å². The van der Waals surface area contributed by atoms with Gasteiger partial charge in [-0.15, -0.1) is 0 Å². The van der Waals surface area contributed by atoms with Crippen LogP contribution < -0.4 is 4.90 Å². The van der Waals surface area contributed by atoms with Crippen LogP contribution in [0.25, 0.3) is 0 Å². The second-order valence-corrected chi connectivity index (χ2v) is 8.87. The van der Waals surface area contributed by atoms with E-state index in [0.29, 0.717) is 12.1 Å². The molecule has 3 heterocycles. The molecule has 4 atom stereocenters. The number of nitro groups is 1. The molecule has 8 heteroatoms. The minimum absolute atomic E-state index is 0.0932. The highest BCUT2D eigenvalue weighted by atomic mass is 16.7. The highest BCUT2D eigenvalue weighted by molar-refractivity contribution is 6.24. The van der Waals surface area contributed by atoms with Gasteiger partial charge in [0.05, 0.1) is 35.1 Å². The lowest BCUT2D eigenvalue weighted by Gasteiger charge is -2.42. The van der Waals surface area contributed by atoms with Crippen molar-refractivity contribution in [3.8, 4) is 0 Å². The van der Waals surface area contributed by atoms with Gasteiger partial charge in [0.25, 0.3) is 5.69 Å². The van der Waals surface area contributed by atoms with Crippen molar-refractivity contribution in [1.29, 1.82) is 0 Å². The Morgan fingerprint density at radius 2 is 1.73 bits per heavy atom. The molecule has 2 bridgehead atoms. The number of hydrogen-bond acceptors (Lipinski definition) is 6. The summed E-state index contributed by atoms with van der Waals surface area (Å²) >= 11 is 0. The smallest absolute Gasteiger partial charge is 0.269 e. The first-order valence-corrected chi connectivity index (χ1v) is 10.9. The zero-order chi connectivity index (χ0) is 23.0. The number of imide groups is 1. The average molecular weight is 443 g/mol. The molecule has 2 amide bonds. The summed E-state index contributed by atoms with van der Waals surface area (Å²) in [5, 5.41) is 12.9. The minimum Gasteiger partial charge on any atom is -0.300 e. The third kappa shape index (κ3) is 2.26. The lowest BCUT2D eigenvalue weighted by Crippen LogP contribution is -2.53. The molecule has 2 aromatic carbocycles. The van der Waals surface area contributed by atoms with Crippen LogP contribution in [0.1, 0.15) is 18.4 Å². The SMILES string of the molecule is CON1[C@]2(c3ccccc3)C=C3C=CCC[C@]31C1C(=O)N(c3ccc([N+](=O)[O-])cc3)C(=O)C12. The van der Waals surface area contributed by atoms with Gasteiger partial charge in [-0.2, -0.15) is 5.06 Å². The van der Waals surface area contributed by atoms with Crippen molar-refractivity contribution < 1.29 is 19.3 Å². The molecule has 2 fully saturated rings. The fourth-order valence-corrected chi connectivity index (χ4v) is 6.47. The second kappa shape index (κ2) is 6.69. The first kappa shape index (κ1) is 20.0. The van der Waals surface area contributed by atoms with Crippen LogP contribution >= 0.6 is 0 Å². The molecule has 2 aromatic rings. The van der Waals surface area contributed by atoms with E-state index in [-0.39, 0.29) is 17.5 Å². The lowest BCUT2D eigenvalue weighted by atomic mass is 9.64.